The van der Waals surface area contributed by atoms with Crippen LogP contribution >= 0.6 is 0 Å². The van der Waals surface area contributed by atoms with Gasteiger partial charge in [0.25, 0.3) is 0 Å². The molecule has 0 radical (unpaired) electrons. The summed E-state index contributed by atoms with van der Waals surface area (Å²) in [6, 6.07) is 8.97. The molecule has 4 rings (SSSR count). The van der Waals surface area contributed by atoms with E-state index in [-0.39, 0.29) is 23.8 Å². The molecule has 2 aliphatic heterocycles. The highest BCUT2D eigenvalue weighted by molar-refractivity contribution is 6.01. The lowest BCUT2D eigenvalue weighted by Crippen LogP contribution is -2.41. The van der Waals surface area contributed by atoms with Crippen LogP contribution in [0.4, 0.5) is 10.1 Å². The first kappa shape index (κ1) is 17.2. The minimum Gasteiger partial charge on any atom is -0.478 e. The van der Waals surface area contributed by atoms with Crippen molar-refractivity contribution in [2.75, 3.05) is 11.9 Å². The molecule has 1 unspecified atom stereocenters. The van der Waals surface area contributed by atoms with Crippen molar-refractivity contribution < 1.29 is 23.9 Å². The van der Waals surface area contributed by atoms with E-state index in [1.165, 1.54) is 18.2 Å². The summed E-state index contributed by atoms with van der Waals surface area (Å²) in [5, 5.41) is 11.8. The van der Waals surface area contributed by atoms with E-state index in [0.717, 1.165) is 11.1 Å². The van der Waals surface area contributed by atoms with E-state index in [4.69, 9.17) is 0 Å². The molecule has 1 atom stereocenters. The van der Waals surface area contributed by atoms with Crippen LogP contribution < -0.4 is 5.32 Å². The quantitative estimate of drug-likeness (QED) is 0.853. The summed E-state index contributed by atoms with van der Waals surface area (Å²) < 4.78 is 13.5. The molecular formula is C20H17FN2O4. The van der Waals surface area contributed by atoms with Gasteiger partial charge < -0.3 is 15.3 Å². The number of carbonyl (C=O) groups excluding carboxylic acids is 2. The smallest absolute Gasteiger partial charge is 0.335 e. The van der Waals surface area contributed by atoms with E-state index in [2.05, 4.69) is 5.32 Å². The first-order chi connectivity index (χ1) is 12.9. The van der Waals surface area contributed by atoms with Crippen LogP contribution in [0.1, 0.15) is 39.4 Å². The summed E-state index contributed by atoms with van der Waals surface area (Å²) >= 11 is 0. The highest BCUT2D eigenvalue weighted by Gasteiger charge is 2.34. The standard InChI is InChI=1S/C20H17FN2O4/c21-14-3-4-15-16(9-18(24)22-17(15)8-14)19(25)23-6-5-11-1-2-12(20(26)27)7-13(11)10-23/h1-4,7-8,16H,5-6,9-10H2,(H,22,24)(H,26,27). The molecule has 7 heteroatoms. The van der Waals surface area contributed by atoms with Crippen molar-refractivity contribution in [1.29, 1.82) is 0 Å². The van der Waals surface area contributed by atoms with Crippen LogP contribution in [0.2, 0.25) is 0 Å². The Kier molecular flexibility index (Phi) is 4.14. The Balaban J connectivity index is 1.62. The zero-order valence-corrected chi connectivity index (χ0v) is 14.4. The van der Waals surface area contributed by atoms with Gasteiger partial charge in [0.05, 0.1) is 11.5 Å². The summed E-state index contributed by atoms with van der Waals surface area (Å²) in [5.74, 6) is -2.68. The summed E-state index contributed by atoms with van der Waals surface area (Å²) in [6.45, 7) is 0.789. The first-order valence-corrected chi connectivity index (χ1v) is 8.65. The predicted octanol–water partition coefficient (Wildman–Crippen LogP) is 2.53. The van der Waals surface area contributed by atoms with Gasteiger partial charge in [0, 0.05) is 25.2 Å². The largest absolute Gasteiger partial charge is 0.478 e. The molecule has 0 spiro atoms. The Hall–Kier alpha value is -3.22. The average Bonchev–Trinajstić information content (AvgIpc) is 2.65. The molecule has 0 saturated carbocycles. The van der Waals surface area contributed by atoms with Gasteiger partial charge in [0.15, 0.2) is 0 Å². The molecule has 2 aliphatic rings. The fourth-order valence-electron chi connectivity index (χ4n) is 3.76. The van der Waals surface area contributed by atoms with Gasteiger partial charge in [-0.3, -0.25) is 9.59 Å². The lowest BCUT2D eigenvalue weighted by atomic mass is 9.88. The van der Waals surface area contributed by atoms with E-state index in [0.29, 0.717) is 30.8 Å². The minimum absolute atomic E-state index is 0.00991. The van der Waals surface area contributed by atoms with Crippen molar-refractivity contribution in [3.63, 3.8) is 0 Å². The second kappa shape index (κ2) is 6.50. The minimum atomic E-state index is -1.01. The average molecular weight is 368 g/mol. The van der Waals surface area contributed by atoms with E-state index in [1.807, 2.05) is 0 Å². The molecule has 0 fully saturated rings. The second-order valence-corrected chi connectivity index (χ2v) is 6.83. The summed E-state index contributed by atoms with van der Waals surface area (Å²) in [4.78, 5) is 37.9. The predicted molar refractivity (Wildman–Crippen MR) is 94.9 cm³/mol. The molecule has 2 N–H and O–H groups in total. The third-order valence-corrected chi connectivity index (χ3v) is 5.13. The molecule has 27 heavy (non-hydrogen) atoms. The molecule has 2 aromatic rings. The van der Waals surface area contributed by atoms with Gasteiger partial charge >= 0.3 is 5.97 Å². The van der Waals surface area contributed by atoms with Crippen LogP contribution in [0.25, 0.3) is 0 Å². The zero-order valence-electron chi connectivity index (χ0n) is 14.4. The van der Waals surface area contributed by atoms with E-state index < -0.39 is 17.7 Å². The lowest BCUT2D eigenvalue weighted by Gasteiger charge is -2.34. The molecule has 0 saturated heterocycles. The van der Waals surface area contributed by atoms with E-state index in [1.54, 1.807) is 23.1 Å². The van der Waals surface area contributed by atoms with E-state index in [9.17, 15) is 23.9 Å². The molecule has 2 heterocycles. The maximum atomic E-state index is 13.5. The van der Waals surface area contributed by atoms with Gasteiger partial charge in [-0.1, -0.05) is 12.1 Å². The Morgan fingerprint density at radius 2 is 1.96 bits per heavy atom. The molecular weight excluding hydrogens is 351 g/mol. The number of hydrogen-bond donors (Lipinski definition) is 2. The second-order valence-electron chi connectivity index (χ2n) is 6.83. The van der Waals surface area contributed by atoms with Crippen LogP contribution in [0.5, 0.6) is 0 Å². The third kappa shape index (κ3) is 3.16. The highest BCUT2D eigenvalue weighted by atomic mass is 19.1. The fraction of sp³-hybridized carbons (Fsp3) is 0.250. The van der Waals surface area contributed by atoms with Gasteiger partial charge in [-0.2, -0.15) is 0 Å². The number of fused-ring (bicyclic) bond motifs is 2. The van der Waals surface area contributed by atoms with Crippen LogP contribution in [-0.4, -0.2) is 34.3 Å². The summed E-state index contributed by atoms with van der Waals surface area (Å²) in [7, 11) is 0. The molecule has 138 valence electrons. The number of aromatic carboxylic acids is 1. The van der Waals surface area contributed by atoms with Crippen LogP contribution in [0, 0.1) is 5.82 Å². The van der Waals surface area contributed by atoms with Crippen molar-refractivity contribution in [2.45, 2.75) is 25.3 Å². The Bertz CT molecular complexity index is 972. The van der Waals surface area contributed by atoms with Crippen molar-refractivity contribution in [3.05, 3.63) is 64.5 Å². The van der Waals surface area contributed by atoms with Crippen molar-refractivity contribution >= 4 is 23.5 Å². The highest BCUT2D eigenvalue weighted by Crippen LogP contribution is 2.35. The van der Waals surface area contributed by atoms with Crippen molar-refractivity contribution in [1.82, 2.24) is 4.90 Å². The number of hydrogen-bond acceptors (Lipinski definition) is 3. The van der Waals surface area contributed by atoms with Gasteiger partial charge in [-0.05, 0) is 47.4 Å². The van der Waals surface area contributed by atoms with Gasteiger partial charge in [0.2, 0.25) is 11.8 Å². The number of carbonyl (C=O) groups is 3. The SMILES string of the molecule is O=C1CC(C(=O)N2CCc3ccc(C(=O)O)cc3C2)c2ccc(F)cc2N1. The number of rotatable bonds is 2. The molecule has 0 bridgehead atoms. The van der Waals surface area contributed by atoms with Crippen molar-refractivity contribution in [3.8, 4) is 0 Å². The number of nitrogens with zero attached hydrogens (tertiary/aromatic N) is 1. The normalized spacial score (nSPS) is 18.3. The van der Waals surface area contributed by atoms with Gasteiger partial charge in [-0.15, -0.1) is 0 Å². The van der Waals surface area contributed by atoms with Crippen LogP contribution in [0.3, 0.4) is 0 Å². The van der Waals surface area contributed by atoms with Gasteiger partial charge in [0.1, 0.15) is 5.82 Å². The number of benzene rings is 2. The Morgan fingerprint density at radius 3 is 2.74 bits per heavy atom. The number of amides is 2. The van der Waals surface area contributed by atoms with Crippen LogP contribution in [0.15, 0.2) is 36.4 Å². The molecule has 2 amide bonds. The number of carboxylic acids is 1. The van der Waals surface area contributed by atoms with Gasteiger partial charge in [-0.25, -0.2) is 9.18 Å². The number of carboxylic acid groups (broad SMARTS) is 1. The Morgan fingerprint density at radius 1 is 1.15 bits per heavy atom. The molecule has 6 nitrogen and oxygen atoms in total. The number of nitrogens with one attached hydrogen (secondary N) is 1. The van der Waals surface area contributed by atoms with Crippen LogP contribution in [-0.2, 0) is 22.6 Å². The maximum absolute atomic E-state index is 13.5. The monoisotopic (exact) mass is 368 g/mol. The maximum Gasteiger partial charge on any atom is 0.335 e. The molecule has 2 aromatic carbocycles. The number of anilines is 1. The zero-order chi connectivity index (χ0) is 19.1. The molecule has 0 aromatic heterocycles. The first-order valence-electron chi connectivity index (χ1n) is 8.65. The molecule has 0 aliphatic carbocycles. The Labute approximate surface area is 154 Å². The topological polar surface area (TPSA) is 86.7 Å². The lowest BCUT2D eigenvalue weighted by molar-refractivity contribution is -0.135. The third-order valence-electron chi connectivity index (χ3n) is 5.13. The van der Waals surface area contributed by atoms with Crippen molar-refractivity contribution in [2.24, 2.45) is 0 Å². The summed E-state index contributed by atoms with van der Waals surface area (Å²) in [5.41, 5.74) is 2.93. The number of halogens is 1. The fourth-order valence-corrected chi connectivity index (χ4v) is 3.76. The van der Waals surface area contributed by atoms with E-state index >= 15 is 0 Å². The summed E-state index contributed by atoms with van der Waals surface area (Å²) in [6.07, 6.45) is 0.631.